The molecule has 2 aliphatic rings. The Morgan fingerprint density at radius 2 is 1.93 bits per heavy atom. The summed E-state index contributed by atoms with van der Waals surface area (Å²) in [5.74, 6) is 1.05. The van der Waals surface area contributed by atoms with Crippen LogP contribution in [0.5, 0.6) is 11.5 Å². The highest BCUT2D eigenvalue weighted by Gasteiger charge is 2.34. The SMILES string of the molecule is COC(=O)c1cccc(C2CCCN(C(=O)C3COc4ccccc4O3)C2)c1. The number of methoxy groups -OCH3 is 1. The third kappa shape index (κ3) is 3.67. The van der Waals surface area contributed by atoms with Crippen LogP contribution in [0, 0.1) is 0 Å². The lowest BCUT2D eigenvalue weighted by Gasteiger charge is -2.36. The minimum atomic E-state index is -0.630. The van der Waals surface area contributed by atoms with Gasteiger partial charge in [-0.05, 0) is 42.7 Å². The van der Waals surface area contributed by atoms with Gasteiger partial charge in [0.2, 0.25) is 6.10 Å². The van der Waals surface area contributed by atoms with Crippen molar-refractivity contribution >= 4 is 11.9 Å². The van der Waals surface area contributed by atoms with Crippen LogP contribution >= 0.6 is 0 Å². The number of para-hydroxylation sites is 2. The molecule has 4 rings (SSSR count). The van der Waals surface area contributed by atoms with Crippen LogP contribution in [0.4, 0.5) is 0 Å². The highest BCUT2D eigenvalue weighted by Crippen LogP contribution is 2.33. The first-order valence-electron chi connectivity index (χ1n) is 9.51. The number of hydrogen-bond acceptors (Lipinski definition) is 5. The van der Waals surface area contributed by atoms with E-state index in [1.165, 1.54) is 7.11 Å². The monoisotopic (exact) mass is 381 g/mol. The molecule has 2 aliphatic heterocycles. The number of benzene rings is 2. The predicted octanol–water partition coefficient (Wildman–Crippen LogP) is 3.02. The van der Waals surface area contributed by atoms with Crippen LogP contribution in [-0.4, -0.2) is 49.7 Å². The molecule has 6 heteroatoms. The summed E-state index contributed by atoms with van der Waals surface area (Å²) < 4.78 is 16.4. The molecule has 2 aromatic carbocycles. The zero-order chi connectivity index (χ0) is 19.5. The second-order valence-electron chi connectivity index (χ2n) is 7.10. The van der Waals surface area contributed by atoms with Gasteiger partial charge in [0.25, 0.3) is 5.91 Å². The molecule has 2 unspecified atom stereocenters. The lowest BCUT2D eigenvalue weighted by Crippen LogP contribution is -2.49. The second kappa shape index (κ2) is 7.92. The maximum atomic E-state index is 13.0. The maximum absolute atomic E-state index is 13.0. The molecule has 6 nitrogen and oxygen atoms in total. The number of amides is 1. The third-order valence-electron chi connectivity index (χ3n) is 5.30. The van der Waals surface area contributed by atoms with Crippen molar-refractivity contribution in [3.63, 3.8) is 0 Å². The highest BCUT2D eigenvalue weighted by atomic mass is 16.6. The lowest BCUT2D eigenvalue weighted by atomic mass is 9.89. The Bertz CT molecular complexity index is 881. The number of ether oxygens (including phenoxy) is 3. The quantitative estimate of drug-likeness (QED) is 0.765. The molecule has 1 amide bonds. The molecule has 2 heterocycles. The largest absolute Gasteiger partial charge is 0.485 e. The van der Waals surface area contributed by atoms with Crippen LogP contribution in [0.2, 0.25) is 0 Å². The van der Waals surface area contributed by atoms with Gasteiger partial charge in [0.1, 0.15) is 6.61 Å². The number of esters is 1. The molecular formula is C22H23NO5. The van der Waals surface area contributed by atoms with E-state index in [-0.39, 0.29) is 24.4 Å². The van der Waals surface area contributed by atoms with E-state index >= 15 is 0 Å². The minimum absolute atomic E-state index is 0.0525. The van der Waals surface area contributed by atoms with Gasteiger partial charge in [0.05, 0.1) is 12.7 Å². The fraction of sp³-hybridized carbons (Fsp3) is 0.364. The smallest absolute Gasteiger partial charge is 0.337 e. The molecule has 1 fully saturated rings. The van der Waals surface area contributed by atoms with Crippen molar-refractivity contribution in [1.82, 2.24) is 4.90 Å². The van der Waals surface area contributed by atoms with Crippen LogP contribution in [0.15, 0.2) is 48.5 Å². The van der Waals surface area contributed by atoms with E-state index in [2.05, 4.69) is 0 Å². The van der Waals surface area contributed by atoms with Crippen molar-refractivity contribution in [2.24, 2.45) is 0 Å². The van der Waals surface area contributed by atoms with Gasteiger partial charge in [0, 0.05) is 19.0 Å². The molecule has 1 saturated heterocycles. The summed E-state index contributed by atoms with van der Waals surface area (Å²) in [7, 11) is 1.38. The summed E-state index contributed by atoms with van der Waals surface area (Å²) in [6.45, 7) is 1.52. The van der Waals surface area contributed by atoms with Gasteiger partial charge >= 0.3 is 5.97 Å². The van der Waals surface area contributed by atoms with Crippen molar-refractivity contribution in [2.45, 2.75) is 24.9 Å². The summed E-state index contributed by atoms with van der Waals surface area (Å²) in [5, 5.41) is 0. The zero-order valence-corrected chi connectivity index (χ0v) is 15.8. The average molecular weight is 381 g/mol. The standard InChI is InChI=1S/C22H23NO5/c1-26-22(25)16-7-4-6-15(12-16)17-8-5-11-23(13-17)21(24)20-14-27-18-9-2-3-10-19(18)28-20/h2-4,6-7,9-10,12,17,20H,5,8,11,13-14H2,1H3. The second-order valence-corrected chi connectivity index (χ2v) is 7.10. The predicted molar refractivity (Wildman–Crippen MR) is 103 cm³/mol. The van der Waals surface area contributed by atoms with Crippen LogP contribution in [0.3, 0.4) is 0 Å². The van der Waals surface area contributed by atoms with Gasteiger partial charge in [-0.25, -0.2) is 4.79 Å². The van der Waals surface area contributed by atoms with E-state index in [1.54, 1.807) is 6.07 Å². The Hall–Kier alpha value is -3.02. The van der Waals surface area contributed by atoms with Gasteiger partial charge < -0.3 is 19.1 Å². The fourth-order valence-corrected chi connectivity index (χ4v) is 3.83. The van der Waals surface area contributed by atoms with E-state index in [4.69, 9.17) is 14.2 Å². The molecule has 28 heavy (non-hydrogen) atoms. The Morgan fingerprint density at radius 3 is 2.75 bits per heavy atom. The van der Waals surface area contributed by atoms with E-state index in [0.717, 1.165) is 18.4 Å². The van der Waals surface area contributed by atoms with Crippen molar-refractivity contribution in [1.29, 1.82) is 0 Å². The van der Waals surface area contributed by atoms with Crippen molar-refractivity contribution in [2.75, 3.05) is 26.8 Å². The molecule has 146 valence electrons. The summed E-state index contributed by atoms with van der Waals surface area (Å²) in [6, 6.07) is 14.8. The van der Waals surface area contributed by atoms with Gasteiger partial charge in [-0.2, -0.15) is 0 Å². The first-order valence-corrected chi connectivity index (χ1v) is 9.51. The molecular weight excluding hydrogens is 358 g/mol. The van der Waals surface area contributed by atoms with Crippen LogP contribution < -0.4 is 9.47 Å². The van der Waals surface area contributed by atoms with Crippen molar-refractivity contribution in [3.05, 3.63) is 59.7 Å². The first kappa shape index (κ1) is 18.3. The molecule has 0 aromatic heterocycles. The Kier molecular flexibility index (Phi) is 5.19. The van der Waals surface area contributed by atoms with Crippen molar-refractivity contribution < 1.29 is 23.8 Å². The molecule has 0 bridgehead atoms. The summed E-state index contributed by atoms with van der Waals surface area (Å²) >= 11 is 0. The van der Waals surface area contributed by atoms with Gasteiger partial charge in [-0.1, -0.05) is 24.3 Å². The Labute approximate surface area is 164 Å². The van der Waals surface area contributed by atoms with Gasteiger partial charge in [0.15, 0.2) is 11.5 Å². The first-order chi connectivity index (χ1) is 13.7. The normalized spacial score (nSPS) is 21.1. The van der Waals surface area contributed by atoms with Crippen LogP contribution in [-0.2, 0) is 9.53 Å². The number of likely N-dealkylation sites (tertiary alicyclic amines) is 1. The Balaban J connectivity index is 1.45. The fourth-order valence-electron chi connectivity index (χ4n) is 3.83. The number of hydrogen-bond donors (Lipinski definition) is 0. The molecule has 0 radical (unpaired) electrons. The van der Waals surface area contributed by atoms with Gasteiger partial charge in [-0.3, -0.25) is 4.79 Å². The van der Waals surface area contributed by atoms with Crippen molar-refractivity contribution in [3.8, 4) is 11.5 Å². The lowest BCUT2D eigenvalue weighted by molar-refractivity contribution is -0.142. The highest BCUT2D eigenvalue weighted by molar-refractivity contribution is 5.89. The topological polar surface area (TPSA) is 65.1 Å². The third-order valence-corrected chi connectivity index (χ3v) is 5.30. The summed E-state index contributed by atoms with van der Waals surface area (Å²) in [4.78, 5) is 26.7. The number of nitrogens with zero attached hydrogens (tertiary/aromatic N) is 1. The molecule has 2 atom stereocenters. The van der Waals surface area contributed by atoms with E-state index in [0.29, 0.717) is 30.2 Å². The number of carbonyl (C=O) groups excluding carboxylic acids is 2. The number of carbonyl (C=O) groups is 2. The molecule has 0 spiro atoms. The van der Waals surface area contributed by atoms with E-state index in [9.17, 15) is 9.59 Å². The summed E-state index contributed by atoms with van der Waals surface area (Å²) in [5.41, 5.74) is 1.58. The minimum Gasteiger partial charge on any atom is -0.485 e. The van der Waals surface area contributed by atoms with Crippen LogP contribution in [0.25, 0.3) is 0 Å². The average Bonchev–Trinajstić information content (AvgIpc) is 2.78. The van der Waals surface area contributed by atoms with Crippen LogP contribution in [0.1, 0.15) is 34.7 Å². The Morgan fingerprint density at radius 1 is 1.11 bits per heavy atom. The molecule has 0 saturated carbocycles. The molecule has 0 N–H and O–H groups in total. The summed E-state index contributed by atoms with van der Waals surface area (Å²) in [6.07, 6.45) is 1.25. The maximum Gasteiger partial charge on any atom is 0.337 e. The molecule has 2 aromatic rings. The van der Waals surface area contributed by atoms with E-state index in [1.807, 2.05) is 47.4 Å². The van der Waals surface area contributed by atoms with E-state index < -0.39 is 6.10 Å². The molecule has 0 aliphatic carbocycles. The zero-order valence-electron chi connectivity index (χ0n) is 15.8. The number of fused-ring (bicyclic) bond motifs is 1. The van der Waals surface area contributed by atoms with Gasteiger partial charge in [-0.15, -0.1) is 0 Å². The number of rotatable bonds is 3. The number of piperidine rings is 1.